The summed E-state index contributed by atoms with van der Waals surface area (Å²) in [5.74, 6) is 0. The summed E-state index contributed by atoms with van der Waals surface area (Å²) in [6.07, 6.45) is -1.07. The number of aromatic nitrogens is 2. The van der Waals surface area contributed by atoms with E-state index in [0.29, 0.717) is 13.0 Å². The summed E-state index contributed by atoms with van der Waals surface area (Å²) < 4.78 is 41.5. The number of rotatable bonds is 8. The molecular weight excluding hydrogens is 247 g/mol. The molecule has 1 heterocycles. The molecular formula is C11H18F3N3O. The van der Waals surface area contributed by atoms with Crippen LogP contribution in [0.2, 0.25) is 0 Å². The molecule has 1 rings (SSSR count). The molecule has 4 nitrogen and oxygen atoms in total. The van der Waals surface area contributed by atoms with Crippen LogP contribution in [0, 0.1) is 0 Å². The van der Waals surface area contributed by atoms with Crippen molar-refractivity contribution in [3.8, 4) is 0 Å². The van der Waals surface area contributed by atoms with E-state index in [1.54, 1.807) is 10.9 Å². The van der Waals surface area contributed by atoms with Gasteiger partial charge in [-0.3, -0.25) is 4.68 Å². The third-order valence-corrected chi connectivity index (χ3v) is 2.39. The first-order chi connectivity index (χ1) is 8.49. The third-order valence-electron chi connectivity index (χ3n) is 2.39. The van der Waals surface area contributed by atoms with Gasteiger partial charge in [-0.05, 0) is 19.0 Å². The molecule has 0 fully saturated rings. The standard InChI is InChI=1S/C11H18F3N3O/c1-17-10(4-7-16-17)3-6-15-5-2-8-18-9-11(12,13)14/h4,7,15H,2-3,5-6,8-9H2,1H3. The lowest BCUT2D eigenvalue weighted by Gasteiger charge is -2.08. The van der Waals surface area contributed by atoms with Crippen LogP contribution in [0.1, 0.15) is 12.1 Å². The van der Waals surface area contributed by atoms with E-state index in [9.17, 15) is 13.2 Å². The Balaban J connectivity index is 1.92. The Morgan fingerprint density at radius 2 is 2.17 bits per heavy atom. The van der Waals surface area contributed by atoms with E-state index < -0.39 is 12.8 Å². The van der Waals surface area contributed by atoms with Gasteiger partial charge in [0.15, 0.2) is 0 Å². The van der Waals surface area contributed by atoms with E-state index in [-0.39, 0.29) is 6.61 Å². The largest absolute Gasteiger partial charge is 0.411 e. The number of alkyl halides is 3. The normalized spacial score (nSPS) is 12.0. The molecule has 0 bridgehead atoms. The first-order valence-corrected chi connectivity index (χ1v) is 5.81. The fraction of sp³-hybridized carbons (Fsp3) is 0.727. The second-order valence-electron chi connectivity index (χ2n) is 3.97. The van der Waals surface area contributed by atoms with Crippen LogP contribution < -0.4 is 5.32 Å². The van der Waals surface area contributed by atoms with Gasteiger partial charge in [-0.2, -0.15) is 18.3 Å². The van der Waals surface area contributed by atoms with Gasteiger partial charge in [-0.15, -0.1) is 0 Å². The number of ether oxygens (including phenoxy) is 1. The molecule has 0 aromatic carbocycles. The molecule has 7 heteroatoms. The summed E-state index contributed by atoms with van der Waals surface area (Å²) >= 11 is 0. The van der Waals surface area contributed by atoms with Gasteiger partial charge in [-0.25, -0.2) is 0 Å². The fourth-order valence-electron chi connectivity index (χ4n) is 1.48. The lowest BCUT2D eigenvalue weighted by Crippen LogP contribution is -2.22. The van der Waals surface area contributed by atoms with Crippen molar-refractivity contribution in [2.75, 3.05) is 26.3 Å². The van der Waals surface area contributed by atoms with E-state index in [1.165, 1.54) is 0 Å². The average molecular weight is 265 g/mol. The highest BCUT2D eigenvalue weighted by atomic mass is 19.4. The van der Waals surface area contributed by atoms with Crippen molar-refractivity contribution in [1.29, 1.82) is 0 Å². The fourth-order valence-corrected chi connectivity index (χ4v) is 1.48. The van der Waals surface area contributed by atoms with Crippen LogP contribution in [-0.4, -0.2) is 42.3 Å². The van der Waals surface area contributed by atoms with Crippen molar-refractivity contribution in [2.24, 2.45) is 7.05 Å². The molecule has 0 saturated carbocycles. The minimum absolute atomic E-state index is 0.123. The quantitative estimate of drug-likeness (QED) is 0.724. The van der Waals surface area contributed by atoms with Crippen molar-refractivity contribution in [3.63, 3.8) is 0 Å². The minimum Gasteiger partial charge on any atom is -0.372 e. The highest BCUT2D eigenvalue weighted by Crippen LogP contribution is 2.14. The Morgan fingerprint density at radius 3 is 2.78 bits per heavy atom. The highest BCUT2D eigenvalue weighted by Gasteiger charge is 2.27. The van der Waals surface area contributed by atoms with Crippen LogP contribution in [0.4, 0.5) is 13.2 Å². The van der Waals surface area contributed by atoms with Crippen LogP contribution in [-0.2, 0) is 18.2 Å². The van der Waals surface area contributed by atoms with Crippen LogP contribution >= 0.6 is 0 Å². The molecule has 0 aliphatic heterocycles. The second kappa shape index (κ2) is 7.38. The third kappa shape index (κ3) is 6.61. The molecule has 0 aliphatic carbocycles. The number of nitrogens with zero attached hydrogens (tertiary/aromatic N) is 2. The average Bonchev–Trinajstić information content (AvgIpc) is 2.67. The zero-order chi connectivity index (χ0) is 13.4. The maximum atomic E-state index is 11.7. The van der Waals surface area contributed by atoms with E-state index >= 15 is 0 Å². The van der Waals surface area contributed by atoms with Crippen LogP contribution in [0.25, 0.3) is 0 Å². The lowest BCUT2D eigenvalue weighted by atomic mass is 10.3. The lowest BCUT2D eigenvalue weighted by molar-refractivity contribution is -0.173. The summed E-state index contributed by atoms with van der Waals surface area (Å²) in [7, 11) is 1.88. The molecule has 0 atom stereocenters. The highest BCUT2D eigenvalue weighted by molar-refractivity contribution is 5.00. The van der Waals surface area contributed by atoms with Gasteiger partial charge in [0.1, 0.15) is 6.61 Å². The Bertz CT molecular complexity index is 339. The topological polar surface area (TPSA) is 39.1 Å². The Hall–Kier alpha value is -1.08. The number of halogens is 3. The molecule has 104 valence electrons. The molecule has 1 aromatic heterocycles. The van der Waals surface area contributed by atoms with Gasteiger partial charge in [0.2, 0.25) is 0 Å². The van der Waals surface area contributed by atoms with Crippen molar-refractivity contribution in [2.45, 2.75) is 19.0 Å². The SMILES string of the molecule is Cn1nccc1CCNCCCOCC(F)(F)F. The van der Waals surface area contributed by atoms with Crippen LogP contribution in [0.5, 0.6) is 0 Å². The molecule has 0 amide bonds. The number of aryl methyl sites for hydroxylation is 1. The zero-order valence-electron chi connectivity index (χ0n) is 10.3. The molecule has 1 aromatic rings. The summed E-state index contributed by atoms with van der Waals surface area (Å²) in [5, 5.41) is 7.19. The zero-order valence-corrected chi connectivity index (χ0v) is 10.3. The summed E-state index contributed by atoms with van der Waals surface area (Å²) in [4.78, 5) is 0. The molecule has 0 saturated heterocycles. The molecule has 0 aliphatic rings. The second-order valence-corrected chi connectivity index (χ2v) is 3.97. The Labute approximate surface area is 104 Å². The summed E-state index contributed by atoms with van der Waals surface area (Å²) in [5.41, 5.74) is 1.12. The van der Waals surface area contributed by atoms with Crippen molar-refractivity contribution < 1.29 is 17.9 Å². The first kappa shape index (κ1) is 15.0. The summed E-state index contributed by atoms with van der Waals surface area (Å²) in [6.45, 7) is 0.384. The van der Waals surface area contributed by atoms with Crippen LogP contribution in [0.3, 0.4) is 0 Å². The van der Waals surface area contributed by atoms with Gasteiger partial charge in [0.05, 0.1) is 0 Å². The van der Waals surface area contributed by atoms with Gasteiger partial charge in [0, 0.05) is 38.5 Å². The predicted octanol–water partition coefficient (Wildman–Crippen LogP) is 1.52. The van der Waals surface area contributed by atoms with Crippen LogP contribution in [0.15, 0.2) is 12.3 Å². The van der Waals surface area contributed by atoms with Gasteiger partial charge in [0.25, 0.3) is 0 Å². The predicted molar refractivity (Wildman–Crippen MR) is 61.3 cm³/mol. The van der Waals surface area contributed by atoms with Gasteiger partial charge in [-0.1, -0.05) is 0 Å². The monoisotopic (exact) mass is 265 g/mol. The maximum absolute atomic E-state index is 11.7. The van der Waals surface area contributed by atoms with E-state index in [4.69, 9.17) is 0 Å². The van der Waals surface area contributed by atoms with Crippen molar-refractivity contribution in [3.05, 3.63) is 18.0 Å². The molecule has 18 heavy (non-hydrogen) atoms. The Kier molecular flexibility index (Phi) is 6.14. The molecule has 1 N–H and O–H groups in total. The van der Waals surface area contributed by atoms with E-state index in [0.717, 1.165) is 18.7 Å². The Morgan fingerprint density at radius 1 is 1.39 bits per heavy atom. The molecule has 0 radical (unpaired) electrons. The minimum atomic E-state index is -4.23. The van der Waals surface area contributed by atoms with E-state index in [1.807, 2.05) is 13.1 Å². The maximum Gasteiger partial charge on any atom is 0.411 e. The molecule has 0 unspecified atom stereocenters. The number of hydrogen-bond donors (Lipinski definition) is 1. The van der Waals surface area contributed by atoms with Crippen molar-refractivity contribution >= 4 is 0 Å². The summed E-state index contributed by atoms with van der Waals surface area (Å²) in [6, 6.07) is 1.94. The number of hydrogen-bond acceptors (Lipinski definition) is 3. The first-order valence-electron chi connectivity index (χ1n) is 5.81. The van der Waals surface area contributed by atoms with Gasteiger partial charge >= 0.3 is 6.18 Å². The number of nitrogens with one attached hydrogen (secondary N) is 1. The van der Waals surface area contributed by atoms with Gasteiger partial charge < -0.3 is 10.1 Å². The molecule has 0 spiro atoms. The van der Waals surface area contributed by atoms with Crippen molar-refractivity contribution in [1.82, 2.24) is 15.1 Å². The smallest absolute Gasteiger partial charge is 0.372 e. The van der Waals surface area contributed by atoms with E-state index in [2.05, 4.69) is 15.2 Å².